The SMILES string of the molecule is CC(Nc1cnccc1C(=O)NCC(=O)N1CC(F)(F)CC1C#N)c1ccc(F)cc1. The van der Waals surface area contributed by atoms with Gasteiger partial charge in [-0.25, -0.2) is 13.2 Å². The Morgan fingerprint density at radius 1 is 1.32 bits per heavy atom. The van der Waals surface area contributed by atoms with Gasteiger partial charge in [0.05, 0.1) is 36.6 Å². The molecule has 0 spiro atoms. The highest BCUT2D eigenvalue weighted by Crippen LogP contribution is 2.31. The molecule has 1 fully saturated rings. The van der Waals surface area contributed by atoms with Gasteiger partial charge in [-0.2, -0.15) is 5.26 Å². The molecule has 2 atom stereocenters. The third-order valence-corrected chi connectivity index (χ3v) is 4.95. The van der Waals surface area contributed by atoms with Gasteiger partial charge in [0.25, 0.3) is 11.8 Å². The zero-order chi connectivity index (χ0) is 22.6. The van der Waals surface area contributed by atoms with Crippen molar-refractivity contribution in [2.24, 2.45) is 0 Å². The lowest BCUT2D eigenvalue weighted by atomic mass is 10.1. The summed E-state index contributed by atoms with van der Waals surface area (Å²) in [6.45, 7) is 0.445. The molecular formula is C21H20F3N5O2. The zero-order valence-corrected chi connectivity index (χ0v) is 16.6. The molecule has 7 nitrogen and oxygen atoms in total. The fraction of sp³-hybridized carbons (Fsp3) is 0.333. The molecule has 1 saturated heterocycles. The van der Waals surface area contributed by atoms with Crippen molar-refractivity contribution in [1.29, 1.82) is 5.26 Å². The maximum Gasteiger partial charge on any atom is 0.268 e. The summed E-state index contributed by atoms with van der Waals surface area (Å²) in [5, 5.41) is 14.5. The molecular weight excluding hydrogens is 411 g/mol. The maximum atomic E-state index is 13.5. The number of nitrogens with zero attached hydrogens (tertiary/aromatic N) is 3. The molecule has 2 N–H and O–H groups in total. The van der Waals surface area contributed by atoms with Crippen LogP contribution in [0.25, 0.3) is 0 Å². The highest BCUT2D eigenvalue weighted by Gasteiger charge is 2.47. The Balaban J connectivity index is 1.65. The molecule has 2 heterocycles. The van der Waals surface area contributed by atoms with Crippen LogP contribution >= 0.6 is 0 Å². The normalized spacial score (nSPS) is 18.2. The molecule has 1 aliphatic rings. The highest BCUT2D eigenvalue weighted by atomic mass is 19.3. The molecule has 1 aromatic carbocycles. The van der Waals surface area contributed by atoms with Gasteiger partial charge in [-0.1, -0.05) is 12.1 Å². The third-order valence-electron chi connectivity index (χ3n) is 4.95. The van der Waals surface area contributed by atoms with Crippen LogP contribution in [-0.4, -0.2) is 46.8 Å². The van der Waals surface area contributed by atoms with Crippen LogP contribution in [0.3, 0.4) is 0 Å². The first-order chi connectivity index (χ1) is 14.7. The van der Waals surface area contributed by atoms with Gasteiger partial charge in [-0.15, -0.1) is 0 Å². The minimum Gasteiger partial charge on any atom is -0.377 e. The lowest BCUT2D eigenvalue weighted by Crippen LogP contribution is -2.43. The van der Waals surface area contributed by atoms with Gasteiger partial charge in [-0.05, 0) is 30.7 Å². The van der Waals surface area contributed by atoms with Crippen LogP contribution in [0.2, 0.25) is 0 Å². The van der Waals surface area contributed by atoms with Crippen molar-refractivity contribution in [2.75, 3.05) is 18.4 Å². The molecule has 2 aromatic rings. The third kappa shape index (κ3) is 5.31. The van der Waals surface area contributed by atoms with E-state index < -0.39 is 43.3 Å². The van der Waals surface area contributed by atoms with Crippen LogP contribution in [0.15, 0.2) is 42.7 Å². The fourth-order valence-corrected chi connectivity index (χ4v) is 3.32. The van der Waals surface area contributed by atoms with Gasteiger partial charge in [-0.3, -0.25) is 14.6 Å². The lowest BCUT2D eigenvalue weighted by molar-refractivity contribution is -0.131. The molecule has 0 aliphatic carbocycles. The first-order valence-electron chi connectivity index (χ1n) is 9.51. The van der Waals surface area contributed by atoms with E-state index in [-0.39, 0.29) is 17.4 Å². The van der Waals surface area contributed by atoms with Crippen LogP contribution in [0.1, 0.15) is 35.3 Å². The summed E-state index contributed by atoms with van der Waals surface area (Å²) < 4.78 is 40.2. The summed E-state index contributed by atoms with van der Waals surface area (Å²) in [4.78, 5) is 29.7. The highest BCUT2D eigenvalue weighted by molar-refractivity contribution is 6.01. The van der Waals surface area contributed by atoms with E-state index in [2.05, 4.69) is 15.6 Å². The molecule has 0 saturated carbocycles. The summed E-state index contributed by atoms with van der Waals surface area (Å²) in [5.74, 6) is -4.86. The van der Waals surface area contributed by atoms with Crippen LogP contribution in [0.4, 0.5) is 18.9 Å². The second-order valence-electron chi connectivity index (χ2n) is 7.25. The quantitative estimate of drug-likeness (QED) is 0.733. The second-order valence-corrected chi connectivity index (χ2v) is 7.25. The number of hydrogen-bond donors (Lipinski definition) is 2. The number of hydrogen-bond acceptors (Lipinski definition) is 5. The van der Waals surface area contributed by atoms with Crippen molar-refractivity contribution < 1.29 is 22.8 Å². The second kappa shape index (κ2) is 9.04. The summed E-state index contributed by atoms with van der Waals surface area (Å²) >= 11 is 0. The van der Waals surface area contributed by atoms with Gasteiger partial charge < -0.3 is 15.5 Å². The fourth-order valence-electron chi connectivity index (χ4n) is 3.32. The molecule has 10 heteroatoms. The number of carbonyl (C=O) groups is 2. The number of likely N-dealkylation sites (tertiary alicyclic amines) is 1. The van der Waals surface area contributed by atoms with Crippen molar-refractivity contribution >= 4 is 17.5 Å². The summed E-state index contributed by atoms with van der Waals surface area (Å²) in [6.07, 6.45) is 2.11. The predicted molar refractivity (Wildman–Crippen MR) is 106 cm³/mol. The number of anilines is 1. The molecule has 1 aliphatic heterocycles. The Kier molecular flexibility index (Phi) is 6.44. The summed E-state index contributed by atoms with van der Waals surface area (Å²) in [5.41, 5.74) is 1.36. The van der Waals surface area contributed by atoms with E-state index in [0.717, 1.165) is 10.5 Å². The van der Waals surface area contributed by atoms with E-state index in [9.17, 15) is 22.8 Å². The molecule has 2 unspecified atom stereocenters. The average Bonchev–Trinajstić information content (AvgIpc) is 3.07. The van der Waals surface area contributed by atoms with E-state index in [0.29, 0.717) is 5.69 Å². The van der Waals surface area contributed by atoms with Gasteiger partial charge in [0.1, 0.15) is 11.9 Å². The Hall–Kier alpha value is -3.61. The van der Waals surface area contributed by atoms with Crippen molar-refractivity contribution in [1.82, 2.24) is 15.2 Å². The monoisotopic (exact) mass is 431 g/mol. The number of nitrogens with one attached hydrogen (secondary N) is 2. The number of amides is 2. The van der Waals surface area contributed by atoms with Crippen LogP contribution in [0.5, 0.6) is 0 Å². The Bertz CT molecular complexity index is 1010. The number of carbonyl (C=O) groups excluding carboxylic acids is 2. The minimum absolute atomic E-state index is 0.195. The predicted octanol–water partition coefficient (Wildman–Crippen LogP) is 2.88. The van der Waals surface area contributed by atoms with E-state index in [1.165, 1.54) is 30.6 Å². The van der Waals surface area contributed by atoms with E-state index in [1.807, 2.05) is 6.92 Å². The van der Waals surface area contributed by atoms with Gasteiger partial charge in [0.2, 0.25) is 5.91 Å². The lowest BCUT2D eigenvalue weighted by Gasteiger charge is -2.20. The minimum atomic E-state index is -3.13. The molecule has 1 aromatic heterocycles. The Morgan fingerprint density at radius 2 is 2.03 bits per heavy atom. The molecule has 162 valence electrons. The topological polar surface area (TPSA) is 98.1 Å². The first-order valence-corrected chi connectivity index (χ1v) is 9.51. The number of rotatable bonds is 6. The Labute approximate surface area is 176 Å². The van der Waals surface area contributed by atoms with E-state index in [1.54, 1.807) is 18.2 Å². The smallest absolute Gasteiger partial charge is 0.268 e. The first kappa shape index (κ1) is 22.1. The van der Waals surface area contributed by atoms with Crippen molar-refractivity contribution in [3.8, 4) is 6.07 Å². The van der Waals surface area contributed by atoms with E-state index in [4.69, 9.17) is 5.26 Å². The van der Waals surface area contributed by atoms with Gasteiger partial charge in [0.15, 0.2) is 0 Å². The van der Waals surface area contributed by atoms with Gasteiger partial charge >= 0.3 is 0 Å². The number of aromatic nitrogens is 1. The number of halogens is 3. The van der Waals surface area contributed by atoms with Crippen LogP contribution in [0, 0.1) is 17.1 Å². The average molecular weight is 431 g/mol. The molecule has 0 radical (unpaired) electrons. The largest absolute Gasteiger partial charge is 0.377 e. The number of nitriles is 1. The Morgan fingerprint density at radius 3 is 2.71 bits per heavy atom. The van der Waals surface area contributed by atoms with Crippen molar-refractivity contribution in [2.45, 2.75) is 31.4 Å². The summed E-state index contributed by atoms with van der Waals surface area (Å²) in [6, 6.07) is 7.50. The zero-order valence-electron chi connectivity index (χ0n) is 16.6. The molecule has 0 bridgehead atoms. The molecule has 3 rings (SSSR count). The standard InChI is InChI=1S/C21H20F3N5O2/c1-13(14-2-4-15(22)5-3-14)28-18-10-26-7-6-17(18)20(31)27-11-19(30)29-12-21(23,24)8-16(29)9-25/h2-7,10,13,16,28H,8,11-12H2,1H3,(H,27,31). The number of alkyl halides is 2. The summed E-state index contributed by atoms with van der Waals surface area (Å²) in [7, 11) is 0. The van der Waals surface area contributed by atoms with Gasteiger partial charge in [0, 0.05) is 18.7 Å². The van der Waals surface area contributed by atoms with Crippen LogP contribution in [-0.2, 0) is 4.79 Å². The molecule has 31 heavy (non-hydrogen) atoms. The molecule has 2 amide bonds. The van der Waals surface area contributed by atoms with Crippen LogP contribution < -0.4 is 10.6 Å². The number of pyridine rings is 1. The van der Waals surface area contributed by atoms with Crippen molar-refractivity contribution in [3.05, 3.63) is 59.7 Å². The van der Waals surface area contributed by atoms with Crippen molar-refractivity contribution in [3.63, 3.8) is 0 Å². The number of benzene rings is 1. The van der Waals surface area contributed by atoms with E-state index >= 15 is 0 Å². The maximum absolute atomic E-state index is 13.5.